The van der Waals surface area contributed by atoms with Crippen LogP contribution in [-0.4, -0.2) is 52.6 Å². The monoisotopic (exact) mass is 282 g/mol. The fourth-order valence-electron chi connectivity index (χ4n) is 3.28. The first-order valence-electron chi connectivity index (χ1n) is 7.76. The van der Waals surface area contributed by atoms with Gasteiger partial charge in [0, 0.05) is 25.7 Å². The molecule has 0 aromatic rings. The Morgan fingerprint density at radius 2 is 1.85 bits per heavy atom. The maximum absolute atomic E-state index is 12.7. The highest BCUT2D eigenvalue weighted by molar-refractivity contribution is 5.76. The van der Waals surface area contributed by atoms with Gasteiger partial charge in [0.2, 0.25) is 0 Å². The number of likely N-dealkylation sites (tertiary alicyclic amines) is 2. The van der Waals surface area contributed by atoms with Gasteiger partial charge in [0.05, 0.1) is 6.42 Å². The van der Waals surface area contributed by atoms with Crippen molar-refractivity contribution >= 4 is 12.0 Å². The van der Waals surface area contributed by atoms with E-state index in [4.69, 9.17) is 5.11 Å². The van der Waals surface area contributed by atoms with Crippen molar-refractivity contribution in [2.45, 2.75) is 52.0 Å². The van der Waals surface area contributed by atoms with Crippen LogP contribution in [0.1, 0.15) is 46.0 Å². The Morgan fingerprint density at radius 3 is 2.50 bits per heavy atom. The molecule has 5 heteroatoms. The normalized spacial score (nSPS) is 31.2. The first-order chi connectivity index (χ1) is 9.49. The van der Waals surface area contributed by atoms with Gasteiger partial charge in [-0.15, -0.1) is 0 Å². The van der Waals surface area contributed by atoms with Gasteiger partial charge in [-0.25, -0.2) is 4.79 Å². The fourth-order valence-corrected chi connectivity index (χ4v) is 3.28. The highest BCUT2D eigenvalue weighted by atomic mass is 16.4. The minimum atomic E-state index is -0.810. The molecule has 20 heavy (non-hydrogen) atoms. The molecule has 3 atom stereocenters. The van der Waals surface area contributed by atoms with Gasteiger partial charge in [0.15, 0.2) is 0 Å². The number of hydrogen-bond acceptors (Lipinski definition) is 2. The van der Waals surface area contributed by atoms with Gasteiger partial charge >= 0.3 is 12.0 Å². The summed E-state index contributed by atoms with van der Waals surface area (Å²) in [5, 5.41) is 9.00. The third kappa shape index (κ3) is 3.44. The smallest absolute Gasteiger partial charge is 0.320 e. The van der Waals surface area contributed by atoms with Gasteiger partial charge in [0.25, 0.3) is 0 Å². The number of aliphatic carboxylic acids is 1. The molecule has 114 valence electrons. The van der Waals surface area contributed by atoms with E-state index in [0.29, 0.717) is 18.4 Å². The number of carboxylic acid groups (broad SMARTS) is 1. The Morgan fingerprint density at radius 1 is 1.10 bits per heavy atom. The van der Waals surface area contributed by atoms with Crippen LogP contribution < -0.4 is 0 Å². The number of urea groups is 1. The number of piperidine rings is 2. The second kappa shape index (κ2) is 6.46. The molecule has 2 amide bonds. The van der Waals surface area contributed by atoms with E-state index < -0.39 is 5.97 Å². The summed E-state index contributed by atoms with van der Waals surface area (Å²) >= 11 is 0. The van der Waals surface area contributed by atoms with Crippen molar-refractivity contribution in [2.75, 3.05) is 19.6 Å². The standard InChI is InChI=1S/C15H26N2O3/c1-11-6-8-16(10-12(11)2)15(20)17-7-4-3-5-13(17)9-14(18)19/h11-13H,3-10H2,1-2H3,(H,18,19). The van der Waals surface area contributed by atoms with E-state index in [1.54, 1.807) is 4.90 Å². The van der Waals surface area contributed by atoms with Gasteiger partial charge in [-0.3, -0.25) is 4.79 Å². The van der Waals surface area contributed by atoms with E-state index in [2.05, 4.69) is 13.8 Å². The van der Waals surface area contributed by atoms with Crippen LogP contribution in [0.4, 0.5) is 4.79 Å². The van der Waals surface area contributed by atoms with E-state index in [9.17, 15) is 9.59 Å². The maximum Gasteiger partial charge on any atom is 0.320 e. The van der Waals surface area contributed by atoms with Crippen molar-refractivity contribution in [3.05, 3.63) is 0 Å². The lowest BCUT2D eigenvalue weighted by Gasteiger charge is -2.42. The molecule has 1 N–H and O–H groups in total. The maximum atomic E-state index is 12.7. The van der Waals surface area contributed by atoms with Crippen molar-refractivity contribution < 1.29 is 14.7 Å². The fraction of sp³-hybridized carbons (Fsp3) is 0.867. The highest BCUT2D eigenvalue weighted by Gasteiger charge is 2.34. The third-order valence-corrected chi connectivity index (χ3v) is 4.89. The first kappa shape index (κ1) is 15.1. The van der Waals surface area contributed by atoms with E-state index in [1.165, 1.54) is 0 Å². The Kier molecular flexibility index (Phi) is 4.89. The molecule has 5 nitrogen and oxygen atoms in total. The zero-order chi connectivity index (χ0) is 14.7. The van der Waals surface area contributed by atoms with E-state index in [0.717, 1.165) is 38.8 Å². The SMILES string of the molecule is CC1CCN(C(=O)N2CCCCC2CC(=O)O)CC1C. The summed E-state index contributed by atoms with van der Waals surface area (Å²) in [7, 11) is 0. The Bertz CT molecular complexity index is 372. The number of amides is 2. The predicted molar refractivity (Wildman–Crippen MR) is 76.5 cm³/mol. The van der Waals surface area contributed by atoms with Crippen molar-refractivity contribution in [1.82, 2.24) is 9.80 Å². The van der Waals surface area contributed by atoms with E-state index in [1.807, 2.05) is 4.90 Å². The van der Waals surface area contributed by atoms with Crippen molar-refractivity contribution in [1.29, 1.82) is 0 Å². The Labute approximate surface area is 120 Å². The van der Waals surface area contributed by atoms with Crippen LogP contribution in [0.5, 0.6) is 0 Å². The Balaban J connectivity index is 2.00. The summed E-state index contributed by atoms with van der Waals surface area (Å²) < 4.78 is 0. The molecule has 0 saturated carbocycles. The minimum Gasteiger partial charge on any atom is -0.481 e. The molecule has 2 saturated heterocycles. The summed E-state index contributed by atoms with van der Waals surface area (Å²) in [6, 6.07) is -0.0712. The topological polar surface area (TPSA) is 60.9 Å². The number of carboxylic acids is 1. The zero-order valence-corrected chi connectivity index (χ0v) is 12.5. The first-order valence-corrected chi connectivity index (χ1v) is 7.76. The van der Waals surface area contributed by atoms with Crippen molar-refractivity contribution in [2.24, 2.45) is 11.8 Å². The summed E-state index contributed by atoms with van der Waals surface area (Å²) in [4.78, 5) is 27.3. The summed E-state index contributed by atoms with van der Waals surface area (Å²) in [5.41, 5.74) is 0. The summed E-state index contributed by atoms with van der Waals surface area (Å²) in [5.74, 6) is 0.376. The molecule has 3 unspecified atom stereocenters. The van der Waals surface area contributed by atoms with Gasteiger partial charge in [0.1, 0.15) is 0 Å². The van der Waals surface area contributed by atoms with Crippen molar-refractivity contribution in [3.63, 3.8) is 0 Å². The summed E-state index contributed by atoms with van der Waals surface area (Å²) in [6.07, 6.45) is 3.95. The number of carbonyl (C=O) groups excluding carboxylic acids is 1. The largest absolute Gasteiger partial charge is 0.481 e. The lowest BCUT2D eigenvalue weighted by Crippen LogP contribution is -2.53. The van der Waals surface area contributed by atoms with Crippen LogP contribution >= 0.6 is 0 Å². The molecular formula is C15H26N2O3. The zero-order valence-electron chi connectivity index (χ0n) is 12.5. The van der Waals surface area contributed by atoms with Crippen LogP contribution in [-0.2, 0) is 4.79 Å². The lowest BCUT2D eigenvalue weighted by molar-refractivity contribution is -0.138. The van der Waals surface area contributed by atoms with Gasteiger partial charge in [-0.1, -0.05) is 13.8 Å². The second-order valence-electron chi connectivity index (χ2n) is 6.41. The molecule has 0 spiro atoms. The van der Waals surface area contributed by atoms with Crippen LogP contribution in [0.2, 0.25) is 0 Å². The quantitative estimate of drug-likeness (QED) is 0.846. The number of rotatable bonds is 2. The van der Waals surface area contributed by atoms with Crippen LogP contribution in [0.3, 0.4) is 0 Å². The van der Waals surface area contributed by atoms with Gasteiger partial charge in [-0.2, -0.15) is 0 Å². The Hall–Kier alpha value is -1.26. The van der Waals surface area contributed by atoms with Crippen molar-refractivity contribution in [3.8, 4) is 0 Å². The molecule has 0 aliphatic carbocycles. The molecule has 0 radical (unpaired) electrons. The predicted octanol–water partition coefficient (Wildman–Crippen LogP) is 2.41. The minimum absolute atomic E-state index is 0.0506. The van der Waals surface area contributed by atoms with Crippen LogP contribution in [0.15, 0.2) is 0 Å². The highest BCUT2D eigenvalue weighted by Crippen LogP contribution is 2.26. The lowest BCUT2D eigenvalue weighted by atomic mass is 9.89. The average Bonchev–Trinajstić information content (AvgIpc) is 2.41. The molecule has 0 aromatic heterocycles. The van der Waals surface area contributed by atoms with Gasteiger partial charge < -0.3 is 14.9 Å². The third-order valence-electron chi connectivity index (χ3n) is 4.89. The second-order valence-corrected chi connectivity index (χ2v) is 6.41. The average molecular weight is 282 g/mol. The molecule has 0 aromatic carbocycles. The summed E-state index contributed by atoms with van der Waals surface area (Å²) in [6.45, 7) is 6.74. The molecular weight excluding hydrogens is 256 g/mol. The molecule has 2 rings (SSSR count). The van der Waals surface area contributed by atoms with E-state index in [-0.39, 0.29) is 18.5 Å². The van der Waals surface area contributed by atoms with Crippen LogP contribution in [0.25, 0.3) is 0 Å². The number of nitrogens with zero attached hydrogens (tertiary/aromatic N) is 2. The number of hydrogen-bond donors (Lipinski definition) is 1. The molecule has 0 bridgehead atoms. The van der Waals surface area contributed by atoms with E-state index >= 15 is 0 Å². The molecule has 2 aliphatic rings. The molecule has 2 aliphatic heterocycles. The van der Waals surface area contributed by atoms with Gasteiger partial charge in [-0.05, 0) is 37.5 Å². The molecule has 2 heterocycles. The van der Waals surface area contributed by atoms with Crippen LogP contribution in [0, 0.1) is 11.8 Å². The molecule has 2 fully saturated rings. The number of carbonyl (C=O) groups is 2.